The van der Waals surface area contributed by atoms with Crippen LogP contribution >= 0.6 is 15.9 Å². The number of nitrogen functional groups attached to an aromatic ring is 1. The van der Waals surface area contributed by atoms with Crippen LogP contribution in [0.3, 0.4) is 0 Å². The van der Waals surface area contributed by atoms with Crippen LogP contribution in [-0.4, -0.2) is 9.55 Å². The maximum atomic E-state index is 5.80. The largest absolute Gasteiger partial charge is 0.399 e. The van der Waals surface area contributed by atoms with Crippen LogP contribution in [0.25, 0.3) is 11.0 Å². The fourth-order valence-corrected chi connectivity index (χ4v) is 2.96. The summed E-state index contributed by atoms with van der Waals surface area (Å²) in [6.07, 6.45) is 0.918. The summed E-state index contributed by atoms with van der Waals surface area (Å²) in [5, 5.41) is 0. The highest BCUT2D eigenvalue weighted by Gasteiger charge is 2.10. The lowest BCUT2D eigenvalue weighted by Gasteiger charge is -2.10. The minimum Gasteiger partial charge on any atom is -0.399 e. The predicted octanol–water partition coefficient (Wildman–Crippen LogP) is 3.99. The first-order valence-electron chi connectivity index (χ1n) is 6.67. The Morgan fingerprint density at radius 1 is 1.20 bits per heavy atom. The van der Waals surface area contributed by atoms with Crippen molar-refractivity contribution in [2.24, 2.45) is 0 Å². The molecule has 4 heteroatoms. The van der Waals surface area contributed by atoms with Crippen LogP contribution in [0, 0.1) is 0 Å². The lowest BCUT2D eigenvalue weighted by molar-refractivity contribution is 0.751. The summed E-state index contributed by atoms with van der Waals surface area (Å²) in [6, 6.07) is 14.2. The molecule has 0 aliphatic rings. The molecule has 2 N–H and O–H groups in total. The predicted molar refractivity (Wildman–Crippen MR) is 86.8 cm³/mol. The molecule has 0 amide bonds. The van der Waals surface area contributed by atoms with Gasteiger partial charge in [-0.05, 0) is 29.8 Å². The fraction of sp³-hybridized carbons (Fsp3) is 0.188. The number of rotatable bonds is 3. The quantitative estimate of drug-likeness (QED) is 0.738. The number of imidazole rings is 1. The molecule has 20 heavy (non-hydrogen) atoms. The van der Waals surface area contributed by atoms with Crippen molar-refractivity contribution in [3.8, 4) is 0 Å². The summed E-state index contributed by atoms with van der Waals surface area (Å²) in [7, 11) is 0. The summed E-state index contributed by atoms with van der Waals surface area (Å²) in [4.78, 5) is 4.70. The Labute approximate surface area is 126 Å². The van der Waals surface area contributed by atoms with Crippen molar-refractivity contribution in [2.45, 2.75) is 19.9 Å². The molecule has 0 spiro atoms. The van der Waals surface area contributed by atoms with Crippen molar-refractivity contribution >= 4 is 32.7 Å². The maximum absolute atomic E-state index is 5.80. The lowest BCUT2D eigenvalue weighted by Crippen LogP contribution is -2.05. The summed E-state index contributed by atoms with van der Waals surface area (Å²) in [6.45, 7) is 2.93. The Kier molecular flexibility index (Phi) is 3.49. The van der Waals surface area contributed by atoms with Crippen molar-refractivity contribution in [2.75, 3.05) is 5.73 Å². The third kappa shape index (κ3) is 2.31. The molecular weight excluding hydrogens is 314 g/mol. The number of nitrogens with two attached hydrogens (primary N) is 1. The molecule has 2 aromatic carbocycles. The molecular formula is C16H16BrN3. The average molecular weight is 330 g/mol. The second-order valence-electron chi connectivity index (χ2n) is 4.81. The summed E-state index contributed by atoms with van der Waals surface area (Å²) in [5.41, 5.74) is 10.0. The van der Waals surface area contributed by atoms with E-state index < -0.39 is 0 Å². The Morgan fingerprint density at radius 3 is 2.75 bits per heavy atom. The van der Waals surface area contributed by atoms with E-state index in [0.29, 0.717) is 0 Å². The Bertz CT molecular complexity index is 762. The van der Waals surface area contributed by atoms with Crippen molar-refractivity contribution in [3.63, 3.8) is 0 Å². The van der Waals surface area contributed by atoms with Gasteiger partial charge in [-0.15, -0.1) is 0 Å². The number of hydrogen-bond donors (Lipinski definition) is 1. The topological polar surface area (TPSA) is 43.8 Å². The molecule has 0 fully saturated rings. The van der Waals surface area contributed by atoms with E-state index in [2.05, 4.69) is 51.7 Å². The molecule has 1 aromatic heterocycles. The first kappa shape index (κ1) is 13.2. The van der Waals surface area contributed by atoms with Crippen LogP contribution in [0.1, 0.15) is 18.3 Å². The van der Waals surface area contributed by atoms with Gasteiger partial charge in [0.15, 0.2) is 0 Å². The molecule has 0 bridgehead atoms. The number of anilines is 1. The van der Waals surface area contributed by atoms with E-state index in [-0.39, 0.29) is 0 Å². The van der Waals surface area contributed by atoms with Crippen molar-refractivity contribution in [1.82, 2.24) is 9.55 Å². The lowest BCUT2D eigenvalue weighted by atomic mass is 10.2. The molecule has 0 atom stereocenters. The van der Waals surface area contributed by atoms with E-state index in [0.717, 1.165) is 34.5 Å². The molecule has 102 valence electrons. The summed E-state index contributed by atoms with van der Waals surface area (Å²) < 4.78 is 3.31. The number of aryl methyl sites for hydroxylation is 1. The van der Waals surface area contributed by atoms with Crippen LogP contribution in [0.2, 0.25) is 0 Å². The van der Waals surface area contributed by atoms with Gasteiger partial charge in [-0.3, -0.25) is 0 Å². The molecule has 0 radical (unpaired) electrons. The van der Waals surface area contributed by atoms with Crippen LogP contribution < -0.4 is 5.73 Å². The number of nitrogens with zero attached hydrogens (tertiary/aromatic N) is 2. The van der Waals surface area contributed by atoms with Gasteiger partial charge < -0.3 is 10.3 Å². The normalized spacial score (nSPS) is 11.1. The van der Waals surface area contributed by atoms with Crippen LogP contribution in [0.5, 0.6) is 0 Å². The number of aromatic nitrogens is 2. The van der Waals surface area contributed by atoms with Crippen LogP contribution in [0.15, 0.2) is 46.9 Å². The van der Waals surface area contributed by atoms with Crippen LogP contribution in [0.4, 0.5) is 5.69 Å². The minimum atomic E-state index is 0.770. The van der Waals surface area contributed by atoms with E-state index in [4.69, 9.17) is 10.7 Å². The van der Waals surface area contributed by atoms with Gasteiger partial charge in [0.05, 0.1) is 17.6 Å². The molecule has 3 rings (SSSR count). The number of para-hydroxylation sites is 2. The van der Waals surface area contributed by atoms with Gasteiger partial charge in [-0.2, -0.15) is 0 Å². The molecule has 3 nitrogen and oxygen atoms in total. The number of hydrogen-bond acceptors (Lipinski definition) is 2. The van der Waals surface area contributed by atoms with Gasteiger partial charge in [-0.1, -0.05) is 41.1 Å². The molecule has 1 heterocycles. The van der Waals surface area contributed by atoms with E-state index in [1.54, 1.807) is 0 Å². The van der Waals surface area contributed by atoms with Crippen molar-refractivity contribution in [1.29, 1.82) is 0 Å². The van der Waals surface area contributed by atoms with E-state index >= 15 is 0 Å². The SMILES string of the molecule is CCc1nc2ccccc2n1Cc1ccc(N)cc1Br. The third-order valence-electron chi connectivity index (χ3n) is 3.46. The molecule has 0 aliphatic carbocycles. The first-order chi connectivity index (χ1) is 9.69. The summed E-state index contributed by atoms with van der Waals surface area (Å²) >= 11 is 3.59. The van der Waals surface area contributed by atoms with Crippen LogP contribution in [-0.2, 0) is 13.0 Å². The summed E-state index contributed by atoms with van der Waals surface area (Å²) in [5.74, 6) is 1.11. The first-order valence-corrected chi connectivity index (χ1v) is 7.46. The van der Waals surface area contributed by atoms with Crippen molar-refractivity contribution < 1.29 is 0 Å². The van der Waals surface area contributed by atoms with E-state index in [1.165, 1.54) is 11.1 Å². The molecule has 0 saturated heterocycles. The van der Waals surface area contributed by atoms with Crippen molar-refractivity contribution in [3.05, 3.63) is 58.3 Å². The molecule has 0 aliphatic heterocycles. The highest BCUT2D eigenvalue weighted by molar-refractivity contribution is 9.10. The fourth-order valence-electron chi connectivity index (χ4n) is 2.43. The van der Waals surface area contributed by atoms with Gasteiger partial charge in [0, 0.05) is 16.6 Å². The zero-order valence-corrected chi connectivity index (χ0v) is 12.9. The monoisotopic (exact) mass is 329 g/mol. The van der Waals surface area contributed by atoms with Gasteiger partial charge in [0.1, 0.15) is 5.82 Å². The number of fused-ring (bicyclic) bond motifs is 1. The Hall–Kier alpha value is -1.81. The Balaban J connectivity index is 2.09. The van der Waals surface area contributed by atoms with E-state index in [1.807, 2.05) is 18.2 Å². The molecule has 0 unspecified atom stereocenters. The van der Waals surface area contributed by atoms with Gasteiger partial charge >= 0.3 is 0 Å². The minimum absolute atomic E-state index is 0.770. The average Bonchev–Trinajstić information content (AvgIpc) is 2.80. The Morgan fingerprint density at radius 2 is 2.00 bits per heavy atom. The van der Waals surface area contributed by atoms with Gasteiger partial charge in [0.2, 0.25) is 0 Å². The zero-order valence-electron chi connectivity index (χ0n) is 11.3. The smallest absolute Gasteiger partial charge is 0.109 e. The zero-order chi connectivity index (χ0) is 14.1. The van der Waals surface area contributed by atoms with Gasteiger partial charge in [0.25, 0.3) is 0 Å². The molecule has 0 saturated carbocycles. The second kappa shape index (κ2) is 5.29. The maximum Gasteiger partial charge on any atom is 0.109 e. The van der Waals surface area contributed by atoms with E-state index in [9.17, 15) is 0 Å². The number of benzene rings is 2. The van der Waals surface area contributed by atoms with Gasteiger partial charge in [-0.25, -0.2) is 4.98 Å². The highest BCUT2D eigenvalue weighted by atomic mass is 79.9. The standard InChI is InChI=1S/C16H16BrN3/c1-2-16-19-14-5-3-4-6-15(14)20(16)10-11-7-8-12(18)9-13(11)17/h3-9H,2,10,18H2,1H3. The second-order valence-corrected chi connectivity index (χ2v) is 5.66. The third-order valence-corrected chi connectivity index (χ3v) is 4.19. The molecule has 3 aromatic rings. The number of halogens is 1. The highest BCUT2D eigenvalue weighted by Crippen LogP contribution is 2.24.